The smallest absolute Gasteiger partial charge is 0.224 e. The van der Waals surface area contributed by atoms with Crippen molar-refractivity contribution in [3.63, 3.8) is 0 Å². The quantitative estimate of drug-likeness (QED) is 0.773. The predicted octanol–water partition coefficient (Wildman–Crippen LogP) is 2.15. The Kier molecular flexibility index (Phi) is 5.83. The number of hydrogen-bond donors (Lipinski definition) is 2. The minimum atomic E-state index is 0.0606. The van der Waals surface area contributed by atoms with Gasteiger partial charge in [-0.05, 0) is 43.1 Å². The van der Waals surface area contributed by atoms with E-state index >= 15 is 0 Å². The van der Waals surface area contributed by atoms with Crippen molar-refractivity contribution in [2.24, 2.45) is 17.6 Å². The molecule has 1 heterocycles. The van der Waals surface area contributed by atoms with Crippen LogP contribution in [0.2, 0.25) is 0 Å². The second-order valence-corrected chi connectivity index (χ2v) is 6.93. The van der Waals surface area contributed by atoms with Gasteiger partial charge in [-0.15, -0.1) is 0 Å². The number of hydrogen-bond acceptors (Lipinski definition) is 3. The molecule has 1 saturated heterocycles. The summed E-state index contributed by atoms with van der Waals surface area (Å²) >= 11 is 2.03. The minimum Gasteiger partial charge on any atom is -0.356 e. The Balaban J connectivity index is 1.75. The molecule has 0 aromatic heterocycles. The molecule has 18 heavy (non-hydrogen) atoms. The fourth-order valence-electron chi connectivity index (χ4n) is 2.99. The lowest BCUT2D eigenvalue weighted by Gasteiger charge is -2.24. The normalized spacial score (nSPS) is 30.7. The van der Waals surface area contributed by atoms with Crippen LogP contribution in [-0.4, -0.2) is 30.0 Å². The van der Waals surface area contributed by atoms with Gasteiger partial charge in [-0.2, -0.15) is 11.8 Å². The molecule has 2 fully saturated rings. The van der Waals surface area contributed by atoms with Crippen LogP contribution >= 0.6 is 11.8 Å². The van der Waals surface area contributed by atoms with Gasteiger partial charge < -0.3 is 11.1 Å². The molecule has 0 bridgehead atoms. The Morgan fingerprint density at radius 3 is 2.61 bits per heavy atom. The molecule has 2 aliphatic rings. The molecule has 0 aromatic rings. The van der Waals surface area contributed by atoms with Crippen molar-refractivity contribution < 1.29 is 4.79 Å². The van der Waals surface area contributed by atoms with Gasteiger partial charge in [-0.1, -0.05) is 19.3 Å². The molecule has 2 unspecified atom stereocenters. The second-order valence-electron chi connectivity index (χ2n) is 5.71. The number of amides is 1. The summed E-state index contributed by atoms with van der Waals surface area (Å²) in [5.74, 6) is 3.47. The summed E-state index contributed by atoms with van der Waals surface area (Å²) < 4.78 is 0. The standard InChI is InChI=1S/C14H26N2OS/c15-13-5-3-1-2-4-12(13)14(17)16-10-11-6-8-18-9-7-11/h11-13H,1-10,15H2,(H,16,17). The fourth-order valence-corrected chi connectivity index (χ4v) is 4.19. The largest absolute Gasteiger partial charge is 0.356 e. The third-order valence-electron chi connectivity index (χ3n) is 4.31. The molecule has 0 aromatic carbocycles. The number of carbonyl (C=O) groups excluding carboxylic acids is 1. The monoisotopic (exact) mass is 270 g/mol. The average molecular weight is 270 g/mol. The molecular formula is C14H26N2OS. The first-order valence-corrected chi connectivity index (χ1v) is 8.54. The molecule has 1 aliphatic carbocycles. The van der Waals surface area contributed by atoms with Gasteiger partial charge in [-0.3, -0.25) is 4.79 Å². The molecule has 2 atom stereocenters. The maximum absolute atomic E-state index is 12.2. The van der Waals surface area contributed by atoms with Crippen molar-refractivity contribution in [2.75, 3.05) is 18.1 Å². The van der Waals surface area contributed by atoms with Gasteiger partial charge in [0.15, 0.2) is 0 Å². The summed E-state index contributed by atoms with van der Waals surface area (Å²) in [7, 11) is 0. The van der Waals surface area contributed by atoms with Gasteiger partial charge in [0, 0.05) is 12.6 Å². The lowest BCUT2D eigenvalue weighted by Crippen LogP contribution is -2.43. The van der Waals surface area contributed by atoms with Crippen LogP contribution in [0.5, 0.6) is 0 Å². The Hall–Kier alpha value is -0.220. The summed E-state index contributed by atoms with van der Waals surface area (Å²) in [6.45, 7) is 0.864. The molecule has 3 N–H and O–H groups in total. The number of rotatable bonds is 3. The Morgan fingerprint density at radius 1 is 1.11 bits per heavy atom. The number of carbonyl (C=O) groups is 1. The van der Waals surface area contributed by atoms with Crippen molar-refractivity contribution in [2.45, 2.75) is 51.0 Å². The van der Waals surface area contributed by atoms with E-state index in [1.807, 2.05) is 11.8 Å². The zero-order valence-corrected chi connectivity index (χ0v) is 12.0. The van der Waals surface area contributed by atoms with E-state index in [1.165, 1.54) is 37.2 Å². The molecule has 0 radical (unpaired) electrons. The first kappa shape index (κ1) is 14.2. The van der Waals surface area contributed by atoms with Crippen molar-refractivity contribution in [1.82, 2.24) is 5.32 Å². The topological polar surface area (TPSA) is 55.1 Å². The van der Waals surface area contributed by atoms with Crippen LogP contribution in [-0.2, 0) is 4.79 Å². The highest BCUT2D eigenvalue weighted by Crippen LogP contribution is 2.24. The average Bonchev–Trinajstić information content (AvgIpc) is 2.62. The van der Waals surface area contributed by atoms with E-state index in [2.05, 4.69) is 5.32 Å². The highest BCUT2D eigenvalue weighted by molar-refractivity contribution is 7.99. The summed E-state index contributed by atoms with van der Waals surface area (Å²) in [5.41, 5.74) is 6.12. The van der Waals surface area contributed by atoms with E-state index in [1.54, 1.807) is 0 Å². The lowest BCUT2D eigenvalue weighted by molar-refractivity contribution is -0.126. The van der Waals surface area contributed by atoms with E-state index in [9.17, 15) is 4.79 Å². The van der Waals surface area contributed by atoms with Gasteiger partial charge in [0.1, 0.15) is 0 Å². The van der Waals surface area contributed by atoms with E-state index in [-0.39, 0.29) is 17.9 Å². The van der Waals surface area contributed by atoms with Crippen molar-refractivity contribution >= 4 is 17.7 Å². The maximum Gasteiger partial charge on any atom is 0.224 e. The van der Waals surface area contributed by atoms with Gasteiger partial charge >= 0.3 is 0 Å². The SMILES string of the molecule is NC1CCCCCC1C(=O)NCC1CCSCC1. The Bertz CT molecular complexity index is 267. The summed E-state index contributed by atoms with van der Waals surface area (Å²) in [5, 5.41) is 3.15. The van der Waals surface area contributed by atoms with E-state index in [4.69, 9.17) is 5.73 Å². The highest BCUT2D eigenvalue weighted by atomic mass is 32.2. The summed E-state index contributed by atoms with van der Waals surface area (Å²) in [6.07, 6.45) is 8.07. The molecular weight excluding hydrogens is 244 g/mol. The van der Waals surface area contributed by atoms with Gasteiger partial charge in [0.2, 0.25) is 5.91 Å². The first-order chi connectivity index (χ1) is 8.77. The van der Waals surface area contributed by atoms with Gasteiger partial charge in [0.25, 0.3) is 0 Å². The van der Waals surface area contributed by atoms with Gasteiger partial charge in [0.05, 0.1) is 5.92 Å². The van der Waals surface area contributed by atoms with E-state index in [0.29, 0.717) is 5.92 Å². The van der Waals surface area contributed by atoms with Crippen LogP contribution in [0.1, 0.15) is 44.9 Å². The van der Waals surface area contributed by atoms with Crippen molar-refractivity contribution in [3.8, 4) is 0 Å². The molecule has 1 amide bonds. The predicted molar refractivity (Wildman–Crippen MR) is 77.6 cm³/mol. The first-order valence-electron chi connectivity index (χ1n) is 7.38. The van der Waals surface area contributed by atoms with Crippen LogP contribution in [0.4, 0.5) is 0 Å². The second kappa shape index (κ2) is 7.39. The Labute approximate surface area is 115 Å². The van der Waals surface area contributed by atoms with Crippen LogP contribution in [0.3, 0.4) is 0 Å². The van der Waals surface area contributed by atoms with Crippen LogP contribution in [0, 0.1) is 11.8 Å². The molecule has 3 nitrogen and oxygen atoms in total. The summed E-state index contributed by atoms with van der Waals surface area (Å²) in [6, 6.07) is 0.0782. The van der Waals surface area contributed by atoms with Gasteiger partial charge in [-0.25, -0.2) is 0 Å². The Morgan fingerprint density at radius 2 is 1.83 bits per heavy atom. The van der Waals surface area contributed by atoms with Crippen LogP contribution < -0.4 is 11.1 Å². The van der Waals surface area contributed by atoms with Crippen molar-refractivity contribution in [3.05, 3.63) is 0 Å². The molecule has 0 spiro atoms. The fraction of sp³-hybridized carbons (Fsp3) is 0.929. The van der Waals surface area contributed by atoms with E-state index in [0.717, 1.165) is 25.8 Å². The molecule has 104 valence electrons. The highest BCUT2D eigenvalue weighted by Gasteiger charge is 2.27. The third-order valence-corrected chi connectivity index (χ3v) is 5.36. The molecule has 2 rings (SSSR count). The maximum atomic E-state index is 12.2. The zero-order valence-electron chi connectivity index (χ0n) is 11.2. The van der Waals surface area contributed by atoms with E-state index < -0.39 is 0 Å². The van der Waals surface area contributed by atoms with Crippen LogP contribution in [0.25, 0.3) is 0 Å². The number of nitrogens with one attached hydrogen (secondary N) is 1. The third kappa shape index (κ3) is 4.16. The lowest BCUT2D eigenvalue weighted by atomic mass is 9.94. The molecule has 4 heteroatoms. The summed E-state index contributed by atoms with van der Waals surface area (Å²) in [4.78, 5) is 12.2. The minimum absolute atomic E-state index is 0.0606. The van der Waals surface area contributed by atoms with Crippen molar-refractivity contribution in [1.29, 1.82) is 0 Å². The van der Waals surface area contributed by atoms with Crippen LogP contribution in [0.15, 0.2) is 0 Å². The number of nitrogens with two attached hydrogens (primary N) is 1. The molecule has 1 saturated carbocycles. The molecule has 1 aliphatic heterocycles. The number of thioether (sulfide) groups is 1. The zero-order chi connectivity index (χ0) is 12.8.